The Balaban J connectivity index is 2.28. The molecule has 1 rings (SSSR count). The van der Waals surface area contributed by atoms with Crippen molar-refractivity contribution >= 4 is 0 Å². The molecule has 2 nitrogen and oxygen atoms in total. The summed E-state index contributed by atoms with van der Waals surface area (Å²) in [6.45, 7) is 7.96. The first kappa shape index (κ1) is 12.9. The first-order valence-corrected chi connectivity index (χ1v) is 6.12. The van der Waals surface area contributed by atoms with E-state index >= 15 is 0 Å². The average molecular weight is 217 g/mol. The van der Waals surface area contributed by atoms with E-state index in [0.29, 0.717) is 12.2 Å². The summed E-state index contributed by atoms with van der Waals surface area (Å²) in [7, 11) is 0. The molecule has 1 atom stereocenters. The van der Waals surface area contributed by atoms with Gasteiger partial charge in [0, 0.05) is 19.1 Å². The molecule has 1 unspecified atom stereocenters. The summed E-state index contributed by atoms with van der Waals surface area (Å²) in [6, 6.07) is 0.130. The molecule has 1 fully saturated rings. The molecule has 3 heteroatoms. The molecule has 0 N–H and O–H groups in total. The molecule has 0 bridgehead atoms. The zero-order valence-corrected chi connectivity index (χ0v) is 10.2. The third-order valence-corrected chi connectivity index (χ3v) is 3.11. The van der Waals surface area contributed by atoms with Crippen molar-refractivity contribution < 1.29 is 9.13 Å². The highest BCUT2D eigenvalue weighted by Gasteiger charge is 2.24. The molecule has 1 heterocycles. The van der Waals surface area contributed by atoms with Gasteiger partial charge in [-0.05, 0) is 33.1 Å². The van der Waals surface area contributed by atoms with Crippen LogP contribution >= 0.6 is 0 Å². The molecular weight excluding hydrogens is 193 g/mol. The van der Waals surface area contributed by atoms with Crippen molar-refractivity contribution in [2.24, 2.45) is 0 Å². The number of alkyl halides is 1. The molecule has 0 aliphatic carbocycles. The van der Waals surface area contributed by atoms with Gasteiger partial charge < -0.3 is 4.74 Å². The van der Waals surface area contributed by atoms with Gasteiger partial charge in [0.2, 0.25) is 0 Å². The molecule has 90 valence electrons. The van der Waals surface area contributed by atoms with E-state index in [1.54, 1.807) is 0 Å². The van der Waals surface area contributed by atoms with Crippen LogP contribution < -0.4 is 0 Å². The van der Waals surface area contributed by atoms with Gasteiger partial charge >= 0.3 is 0 Å². The van der Waals surface area contributed by atoms with Crippen LogP contribution in [0.25, 0.3) is 0 Å². The Morgan fingerprint density at radius 1 is 1.33 bits per heavy atom. The average Bonchev–Trinajstić information content (AvgIpc) is 2.21. The molecule has 0 aromatic rings. The number of hydrogen-bond acceptors (Lipinski definition) is 2. The normalized spacial score (nSPS) is 22.2. The van der Waals surface area contributed by atoms with Crippen LogP contribution in [0.3, 0.4) is 0 Å². The van der Waals surface area contributed by atoms with Gasteiger partial charge in [0.15, 0.2) is 0 Å². The SMILES string of the molecule is CCC(CF)N1CCC(OC(C)C)CC1. The second kappa shape index (κ2) is 6.44. The minimum Gasteiger partial charge on any atom is -0.375 e. The van der Waals surface area contributed by atoms with Crippen molar-refractivity contribution in [1.82, 2.24) is 4.90 Å². The van der Waals surface area contributed by atoms with E-state index in [1.807, 2.05) is 0 Å². The lowest BCUT2D eigenvalue weighted by Crippen LogP contribution is -2.44. The van der Waals surface area contributed by atoms with Gasteiger partial charge in [-0.15, -0.1) is 0 Å². The molecule has 0 aromatic heterocycles. The standard InChI is InChI=1S/C12H24FNO/c1-4-11(9-13)14-7-5-12(6-8-14)15-10(2)3/h10-12H,4-9H2,1-3H3. The quantitative estimate of drug-likeness (QED) is 0.702. The third-order valence-electron chi connectivity index (χ3n) is 3.11. The largest absolute Gasteiger partial charge is 0.375 e. The van der Waals surface area contributed by atoms with Gasteiger partial charge in [0.25, 0.3) is 0 Å². The zero-order chi connectivity index (χ0) is 11.3. The first-order valence-electron chi connectivity index (χ1n) is 6.12. The lowest BCUT2D eigenvalue weighted by Gasteiger charge is -2.36. The van der Waals surface area contributed by atoms with Crippen LogP contribution in [0, 0.1) is 0 Å². The van der Waals surface area contributed by atoms with E-state index in [1.165, 1.54) is 0 Å². The van der Waals surface area contributed by atoms with E-state index in [0.717, 1.165) is 32.4 Å². The first-order chi connectivity index (χ1) is 7.17. The van der Waals surface area contributed by atoms with Crippen LogP contribution in [0.5, 0.6) is 0 Å². The Morgan fingerprint density at radius 3 is 2.33 bits per heavy atom. The maximum atomic E-state index is 12.7. The topological polar surface area (TPSA) is 12.5 Å². The summed E-state index contributed by atoms with van der Waals surface area (Å²) in [6.07, 6.45) is 3.71. The summed E-state index contributed by atoms with van der Waals surface area (Å²) in [4.78, 5) is 2.26. The van der Waals surface area contributed by atoms with Gasteiger partial charge in [-0.1, -0.05) is 6.92 Å². The fourth-order valence-corrected chi connectivity index (χ4v) is 2.23. The van der Waals surface area contributed by atoms with Crippen molar-refractivity contribution in [3.63, 3.8) is 0 Å². The van der Waals surface area contributed by atoms with E-state index in [2.05, 4.69) is 25.7 Å². The molecule has 1 aliphatic rings. The number of hydrogen-bond donors (Lipinski definition) is 0. The van der Waals surface area contributed by atoms with Gasteiger partial charge in [0.1, 0.15) is 6.67 Å². The maximum absolute atomic E-state index is 12.7. The van der Waals surface area contributed by atoms with E-state index in [4.69, 9.17) is 4.74 Å². The molecule has 1 saturated heterocycles. The Kier molecular flexibility index (Phi) is 5.54. The maximum Gasteiger partial charge on any atom is 0.105 e. The fraction of sp³-hybridized carbons (Fsp3) is 1.00. The van der Waals surface area contributed by atoms with Gasteiger partial charge in [-0.3, -0.25) is 4.90 Å². The van der Waals surface area contributed by atoms with Crippen LogP contribution in [0.2, 0.25) is 0 Å². The molecule has 1 aliphatic heterocycles. The number of rotatable bonds is 5. The van der Waals surface area contributed by atoms with Crippen LogP contribution in [-0.4, -0.2) is 42.9 Å². The van der Waals surface area contributed by atoms with Crippen molar-refractivity contribution in [3.05, 3.63) is 0 Å². The Bertz CT molecular complexity index is 163. The second-order valence-corrected chi connectivity index (χ2v) is 4.64. The van der Waals surface area contributed by atoms with Crippen molar-refractivity contribution in [2.75, 3.05) is 19.8 Å². The predicted molar refractivity (Wildman–Crippen MR) is 60.9 cm³/mol. The number of nitrogens with zero attached hydrogens (tertiary/aromatic N) is 1. The second-order valence-electron chi connectivity index (χ2n) is 4.64. The molecule has 0 aromatic carbocycles. The number of ether oxygens (including phenoxy) is 1. The Hall–Kier alpha value is -0.150. The van der Waals surface area contributed by atoms with Crippen LogP contribution in [0.4, 0.5) is 4.39 Å². The smallest absolute Gasteiger partial charge is 0.105 e. The highest BCUT2D eigenvalue weighted by molar-refractivity contribution is 4.78. The molecule has 0 amide bonds. The zero-order valence-electron chi connectivity index (χ0n) is 10.2. The Labute approximate surface area is 92.8 Å². The fourth-order valence-electron chi connectivity index (χ4n) is 2.23. The molecule has 0 radical (unpaired) electrons. The minimum atomic E-state index is -0.216. The highest BCUT2D eigenvalue weighted by atomic mass is 19.1. The molecule has 0 spiro atoms. The van der Waals surface area contributed by atoms with E-state index in [-0.39, 0.29) is 12.7 Å². The summed E-state index contributed by atoms with van der Waals surface area (Å²) in [5.74, 6) is 0. The van der Waals surface area contributed by atoms with Crippen molar-refractivity contribution in [2.45, 2.75) is 58.3 Å². The minimum absolute atomic E-state index is 0.130. The van der Waals surface area contributed by atoms with Crippen molar-refractivity contribution in [3.8, 4) is 0 Å². The summed E-state index contributed by atoms with van der Waals surface area (Å²) < 4.78 is 18.4. The summed E-state index contributed by atoms with van der Waals surface area (Å²) in [5.41, 5.74) is 0. The van der Waals surface area contributed by atoms with Crippen LogP contribution in [-0.2, 0) is 4.74 Å². The predicted octanol–water partition coefficient (Wildman–Crippen LogP) is 2.62. The van der Waals surface area contributed by atoms with Gasteiger partial charge in [0.05, 0.1) is 12.2 Å². The number of piperidine rings is 1. The number of halogens is 1. The third kappa shape index (κ3) is 4.07. The lowest BCUT2D eigenvalue weighted by molar-refractivity contribution is -0.0349. The summed E-state index contributed by atoms with van der Waals surface area (Å²) >= 11 is 0. The van der Waals surface area contributed by atoms with Gasteiger partial charge in [-0.2, -0.15) is 0 Å². The lowest BCUT2D eigenvalue weighted by atomic mass is 10.0. The number of likely N-dealkylation sites (tertiary alicyclic amines) is 1. The van der Waals surface area contributed by atoms with E-state index in [9.17, 15) is 4.39 Å². The van der Waals surface area contributed by atoms with Gasteiger partial charge in [-0.25, -0.2) is 4.39 Å². The van der Waals surface area contributed by atoms with E-state index < -0.39 is 0 Å². The molecular formula is C12H24FNO. The Morgan fingerprint density at radius 2 is 1.93 bits per heavy atom. The van der Waals surface area contributed by atoms with Crippen molar-refractivity contribution in [1.29, 1.82) is 0 Å². The van der Waals surface area contributed by atoms with Crippen LogP contribution in [0.1, 0.15) is 40.0 Å². The highest BCUT2D eigenvalue weighted by Crippen LogP contribution is 2.18. The monoisotopic (exact) mass is 217 g/mol. The molecule has 15 heavy (non-hydrogen) atoms. The molecule has 0 saturated carbocycles. The van der Waals surface area contributed by atoms with Crippen LogP contribution in [0.15, 0.2) is 0 Å². The summed E-state index contributed by atoms with van der Waals surface area (Å²) in [5, 5.41) is 0.